The van der Waals surface area contributed by atoms with Crippen LogP contribution in [0.4, 0.5) is 5.69 Å². The van der Waals surface area contributed by atoms with Crippen molar-refractivity contribution in [2.75, 3.05) is 18.4 Å². The number of carbonyl (C=O) groups is 1. The van der Waals surface area contributed by atoms with Crippen molar-refractivity contribution in [1.29, 1.82) is 0 Å². The van der Waals surface area contributed by atoms with Crippen LogP contribution in [0.2, 0.25) is 0 Å². The highest BCUT2D eigenvalue weighted by Gasteiger charge is 2.33. The molecule has 0 aliphatic carbocycles. The number of benzene rings is 2. The van der Waals surface area contributed by atoms with Crippen LogP contribution < -0.4 is 5.32 Å². The van der Waals surface area contributed by atoms with Crippen LogP contribution in [0.1, 0.15) is 18.4 Å². The number of nitrogens with zero attached hydrogens (tertiary/aromatic N) is 1. The maximum absolute atomic E-state index is 12.9. The van der Waals surface area contributed by atoms with E-state index in [0.29, 0.717) is 25.1 Å². The molecule has 7 heteroatoms. The number of amides is 1. The van der Waals surface area contributed by atoms with Crippen LogP contribution in [-0.2, 0) is 14.8 Å². The lowest BCUT2D eigenvalue weighted by molar-refractivity contribution is -0.120. The highest BCUT2D eigenvalue weighted by atomic mass is 79.9. The van der Waals surface area contributed by atoms with E-state index < -0.39 is 10.0 Å². The SMILES string of the molecule is Cc1ccc(S(=O)(=O)N2CCC[C@H](C(=O)Nc3ccc(Br)cc3)C2)cc1. The fraction of sp³-hybridized carbons (Fsp3) is 0.316. The number of carbonyl (C=O) groups excluding carboxylic acids is 1. The highest BCUT2D eigenvalue weighted by molar-refractivity contribution is 9.10. The number of sulfonamides is 1. The Morgan fingerprint density at radius 3 is 2.42 bits per heavy atom. The molecule has 1 atom stereocenters. The molecule has 3 rings (SSSR count). The molecule has 1 fully saturated rings. The fourth-order valence-electron chi connectivity index (χ4n) is 3.01. The van der Waals surface area contributed by atoms with Crippen molar-refractivity contribution in [3.63, 3.8) is 0 Å². The van der Waals surface area contributed by atoms with Crippen LogP contribution in [0.25, 0.3) is 0 Å². The van der Waals surface area contributed by atoms with Gasteiger partial charge in [0.1, 0.15) is 0 Å². The smallest absolute Gasteiger partial charge is 0.243 e. The molecule has 0 bridgehead atoms. The Balaban J connectivity index is 1.71. The second-order valence-corrected chi connectivity index (χ2v) is 9.37. The van der Waals surface area contributed by atoms with E-state index in [9.17, 15) is 13.2 Å². The molecule has 1 amide bonds. The first kappa shape index (κ1) is 19.1. The summed E-state index contributed by atoms with van der Waals surface area (Å²) in [4.78, 5) is 12.8. The van der Waals surface area contributed by atoms with E-state index in [1.165, 1.54) is 4.31 Å². The minimum atomic E-state index is -3.58. The van der Waals surface area contributed by atoms with E-state index >= 15 is 0 Å². The number of piperidine rings is 1. The standard InChI is InChI=1S/C19H21BrN2O3S/c1-14-4-10-18(11-5-14)26(24,25)22-12-2-3-15(13-22)19(23)21-17-8-6-16(20)7-9-17/h4-11,15H,2-3,12-13H2,1H3,(H,21,23)/t15-/m0/s1. The van der Waals surface area contributed by atoms with Gasteiger partial charge < -0.3 is 5.32 Å². The number of anilines is 1. The van der Waals surface area contributed by atoms with Crippen molar-refractivity contribution in [3.8, 4) is 0 Å². The average molecular weight is 437 g/mol. The molecular weight excluding hydrogens is 416 g/mol. The third-order valence-corrected chi connectivity index (χ3v) is 6.93. The predicted molar refractivity (Wildman–Crippen MR) is 105 cm³/mol. The van der Waals surface area contributed by atoms with Crippen molar-refractivity contribution in [2.45, 2.75) is 24.7 Å². The summed E-state index contributed by atoms with van der Waals surface area (Å²) in [7, 11) is -3.58. The molecule has 1 aliphatic rings. The van der Waals surface area contributed by atoms with Crippen LogP contribution in [0.3, 0.4) is 0 Å². The third kappa shape index (κ3) is 4.34. The monoisotopic (exact) mass is 436 g/mol. The lowest BCUT2D eigenvalue weighted by atomic mass is 9.99. The van der Waals surface area contributed by atoms with Crippen LogP contribution in [0.15, 0.2) is 57.9 Å². The largest absolute Gasteiger partial charge is 0.326 e. The molecular formula is C19H21BrN2O3S. The van der Waals surface area contributed by atoms with E-state index in [0.717, 1.165) is 10.0 Å². The first-order chi connectivity index (χ1) is 12.4. The normalized spacial score (nSPS) is 18.5. The van der Waals surface area contributed by atoms with Crippen LogP contribution in [0.5, 0.6) is 0 Å². The van der Waals surface area contributed by atoms with Crippen molar-refractivity contribution in [2.24, 2.45) is 5.92 Å². The van der Waals surface area contributed by atoms with E-state index in [-0.39, 0.29) is 23.3 Å². The van der Waals surface area contributed by atoms with E-state index in [2.05, 4.69) is 21.2 Å². The van der Waals surface area contributed by atoms with Gasteiger partial charge in [0.25, 0.3) is 0 Å². The predicted octanol–water partition coefficient (Wildman–Crippen LogP) is 3.80. The molecule has 0 spiro atoms. The van der Waals surface area contributed by atoms with Crippen LogP contribution in [0, 0.1) is 12.8 Å². The van der Waals surface area contributed by atoms with E-state index in [4.69, 9.17) is 0 Å². The number of aryl methyl sites for hydroxylation is 1. The molecule has 0 unspecified atom stereocenters. The number of nitrogens with one attached hydrogen (secondary N) is 1. The van der Waals surface area contributed by atoms with Gasteiger partial charge in [0.05, 0.1) is 10.8 Å². The lowest BCUT2D eigenvalue weighted by Gasteiger charge is -2.31. The molecule has 138 valence electrons. The average Bonchev–Trinajstić information content (AvgIpc) is 2.64. The summed E-state index contributed by atoms with van der Waals surface area (Å²) in [5.41, 5.74) is 1.71. The summed E-state index contributed by atoms with van der Waals surface area (Å²) in [5.74, 6) is -0.497. The topological polar surface area (TPSA) is 66.5 Å². The zero-order chi connectivity index (χ0) is 18.7. The number of halogens is 1. The summed E-state index contributed by atoms with van der Waals surface area (Å²) in [6.07, 6.45) is 1.35. The Kier molecular flexibility index (Phi) is 5.79. The first-order valence-corrected chi connectivity index (χ1v) is 10.7. The molecule has 5 nitrogen and oxygen atoms in total. The zero-order valence-electron chi connectivity index (χ0n) is 14.5. The first-order valence-electron chi connectivity index (χ1n) is 8.49. The molecule has 2 aromatic carbocycles. The van der Waals surface area contributed by atoms with Gasteiger partial charge in [-0.3, -0.25) is 4.79 Å². The molecule has 0 radical (unpaired) electrons. The van der Waals surface area contributed by atoms with Gasteiger partial charge >= 0.3 is 0 Å². The van der Waals surface area contributed by atoms with Gasteiger partial charge in [0.2, 0.25) is 15.9 Å². The molecule has 0 aromatic heterocycles. The van der Waals surface area contributed by atoms with Gasteiger partial charge in [-0.15, -0.1) is 0 Å². The lowest BCUT2D eigenvalue weighted by Crippen LogP contribution is -2.43. The Labute approximate surface area is 162 Å². The fourth-order valence-corrected chi connectivity index (χ4v) is 4.80. The number of rotatable bonds is 4. The van der Waals surface area contributed by atoms with Crippen molar-refractivity contribution in [1.82, 2.24) is 4.31 Å². The van der Waals surface area contributed by atoms with Gasteiger partial charge in [0, 0.05) is 23.2 Å². The number of hydrogen-bond acceptors (Lipinski definition) is 3. The maximum Gasteiger partial charge on any atom is 0.243 e. The third-order valence-electron chi connectivity index (χ3n) is 4.53. The van der Waals surface area contributed by atoms with Gasteiger partial charge in [-0.25, -0.2) is 8.42 Å². The maximum atomic E-state index is 12.9. The molecule has 1 N–H and O–H groups in total. The summed E-state index contributed by atoms with van der Waals surface area (Å²) in [6, 6.07) is 14.1. The molecule has 26 heavy (non-hydrogen) atoms. The molecule has 2 aromatic rings. The Hall–Kier alpha value is -1.70. The minimum Gasteiger partial charge on any atom is -0.326 e. The summed E-state index contributed by atoms with van der Waals surface area (Å²) >= 11 is 3.36. The Morgan fingerprint density at radius 2 is 1.77 bits per heavy atom. The molecule has 1 heterocycles. The molecule has 1 aliphatic heterocycles. The van der Waals surface area contributed by atoms with Gasteiger partial charge in [-0.1, -0.05) is 33.6 Å². The molecule has 1 saturated heterocycles. The van der Waals surface area contributed by atoms with Crippen molar-refractivity contribution >= 4 is 37.5 Å². The second-order valence-electron chi connectivity index (χ2n) is 6.51. The molecule has 0 saturated carbocycles. The Morgan fingerprint density at radius 1 is 1.12 bits per heavy atom. The Bertz CT molecular complexity index is 880. The minimum absolute atomic E-state index is 0.142. The summed E-state index contributed by atoms with van der Waals surface area (Å²) < 4.78 is 28.1. The van der Waals surface area contributed by atoms with Crippen LogP contribution >= 0.6 is 15.9 Å². The summed E-state index contributed by atoms with van der Waals surface area (Å²) in [5, 5.41) is 2.88. The van der Waals surface area contributed by atoms with Gasteiger partial charge in [-0.05, 0) is 56.2 Å². The number of hydrogen-bond donors (Lipinski definition) is 1. The van der Waals surface area contributed by atoms with Crippen molar-refractivity contribution < 1.29 is 13.2 Å². The quantitative estimate of drug-likeness (QED) is 0.792. The van der Waals surface area contributed by atoms with Gasteiger partial charge in [0.15, 0.2) is 0 Å². The van der Waals surface area contributed by atoms with E-state index in [1.54, 1.807) is 24.3 Å². The zero-order valence-corrected chi connectivity index (χ0v) is 16.9. The highest BCUT2D eigenvalue weighted by Crippen LogP contribution is 2.25. The van der Waals surface area contributed by atoms with Crippen molar-refractivity contribution in [3.05, 3.63) is 58.6 Å². The second kappa shape index (κ2) is 7.90. The van der Waals surface area contributed by atoms with Crippen LogP contribution in [-0.4, -0.2) is 31.7 Å². The van der Waals surface area contributed by atoms with Gasteiger partial charge in [-0.2, -0.15) is 4.31 Å². The van der Waals surface area contributed by atoms with E-state index in [1.807, 2.05) is 31.2 Å². The summed E-state index contributed by atoms with van der Waals surface area (Å²) in [6.45, 7) is 2.57.